The number of halogens is 1. The van der Waals surface area contributed by atoms with Crippen LogP contribution in [-0.2, 0) is 16.6 Å². The highest BCUT2D eigenvalue weighted by atomic mass is 35.5. The highest BCUT2D eigenvalue weighted by Crippen LogP contribution is 2.45. The van der Waals surface area contributed by atoms with E-state index in [-0.39, 0.29) is 11.3 Å². The summed E-state index contributed by atoms with van der Waals surface area (Å²) >= 11 is 6.25. The third kappa shape index (κ3) is 4.49. The van der Waals surface area contributed by atoms with E-state index in [4.69, 9.17) is 16.3 Å². The molecule has 1 aromatic heterocycles. The van der Waals surface area contributed by atoms with Crippen LogP contribution in [0.4, 0.5) is 5.69 Å². The number of carbonyl (C=O) groups excluding carboxylic acids is 2. The number of para-hydroxylation sites is 1. The number of aliphatic hydroxyl groups is 1. The molecule has 1 unspecified atom stereocenters. The van der Waals surface area contributed by atoms with Gasteiger partial charge in [-0.3, -0.25) is 14.5 Å². The standard InChI is InChI=1S/C30H27ClN2O4/c1-18(2)17-37-22-13-11-19(12-14-22)28(34)26-27(24-16-32(3)25-10-5-4-9-23(24)25)33(30(36)29(26)35)21-8-6-7-20(31)15-21/h4-16,18,27,34H,17H2,1-3H3/b28-26+. The van der Waals surface area contributed by atoms with E-state index in [2.05, 4.69) is 13.8 Å². The molecule has 1 aliphatic heterocycles. The Kier molecular flexibility index (Phi) is 6.52. The van der Waals surface area contributed by atoms with E-state index in [1.54, 1.807) is 48.5 Å². The van der Waals surface area contributed by atoms with Gasteiger partial charge in [-0.2, -0.15) is 0 Å². The van der Waals surface area contributed by atoms with Crippen molar-refractivity contribution in [3.05, 3.63) is 101 Å². The lowest BCUT2D eigenvalue weighted by molar-refractivity contribution is -0.132. The number of aryl methyl sites for hydroxylation is 1. The molecule has 6 nitrogen and oxygen atoms in total. The summed E-state index contributed by atoms with van der Waals surface area (Å²) in [4.78, 5) is 28.4. The average Bonchev–Trinajstić information content (AvgIpc) is 3.36. The number of fused-ring (bicyclic) bond motifs is 1. The van der Waals surface area contributed by atoms with E-state index in [1.807, 2.05) is 42.1 Å². The normalized spacial score (nSPS) is 17.2. The Morgan fingerprint density at radius 1 is 1.03 bits per heavy atom. The predicted molar refractivity (Wildman–Crippen MR) is 146 cm³/mol. The second-order valence-electron chi connectivity index (χ2n) is 9.59. The molecule has 1 N–H and O–H groups in total. The summed E-state index contributed by atoms with van der Waals surface area (Å²) in [5.41, 5.74) is 2.60. The topological polar surface area (TPSA) is 71.8 Å². The first-order valence-electron chi connectivity index (χ1n) is 12.1. The van der Waals surface area contributed by atoms with Gasteiger partial charge >= 0.3 is 0 Å². The molecular weight excluding hydrogens is 488 g/mol. The number of rotatable bonds is 6. The summed E-state index contributed by atoms with van der Waals surface area (Å²) in [6, 6.07) is 20.6. The monoisotopic (exact) mass is 514 g/mol. The molecular formula is C30H27ClN2O4. The van der Waals surface area contributed by atoms with Crippen LogP contribution in [0.15, 0.2) is 84.6 Å². The quantitative estimate of drug-likeness (QED) is 0.181. The Morgan fingerprint density at radius 3 is 2.46 bits per heavy atom. The Balaban J connectivity index is 1.69. The smallest absolute Gasteiger partial charge is 0.300 e. The number of aromatic nitrogens is 1. The van der Waals surface area contributed by atoms with Gasteiger partial charge in [0.15, 0.2) is 0 Å². The zero-order valence-electron chi connectivity index (χ0n) is 20.8. The average molecular weight is 515 g/mol. The molecule has 37 heavy (non-hydrogen) atoms. The third-order valence-corrected chi connectivity index (χ3v) is 6.70. The maximum atomic E-state index is 13.5. The van der Waals surface area contributed by atoms with E-state index in [1.165, 1.54) is 4.90 Å². The minimum Gasteiger partial charge on any atom is -0.507 e. The molecule has 4 aromatic rings. The van der Waals surface area contributed by atoms with Gasteiger partial charge in [-0.25, -0.2) is 0 Å². The lowest BCUT2D eigenvalue weighted by Crippen LogP contribution is -2.29. The number of carbonyl (C=O) groups is 2. The van der Waals surface area contributed by atoms with E-state index >= 15 is 0 Å². The molecule has 1 atom stereocenters. The number of ketones is 1. The second kappa shape index (κ2) is 9.79. The summed E-state index contributed by atoms with van der Waals surface area (Å²) in [6.45, 7) is 4.69. The maximum absolute atomic E-state index is 13.5. The highest BCUT2D eigenvalue weighted by molar-refractivity contribution is 6.52. The number of aliphatic hydroxyl groups excluding tert-OH is 1. The van der Waals surface area contributed by atoms with Crippen LogP contribution in [0.1, 0.15) is 31.0 Å². The molecule has 1 fully saturated rings. The fourth-order valence-corrected chi connectivity index (χ4v) is 4.92. The fourth-order valence-electron chi connectivity index (χ4n) is 4.74. The van der Waals surface area contributed by atoms with Crippen molar-refractivity contribution in [1.29, 1.82) is 0 Å². The zero-order chi connectivity index (χ0) is 26.3. The van der Waals surface area contributed by atoms with Gasteiger partial charge in [0.2, 0.25) is 0 Å². The van der Waals surface area contributed by atoms with E-state index in [0.717, 1.165) is 16.5 Å². The molecule has 0 radical (unpaired) electrons. The van der Waals surface area contributed by atoms with Crippen LogP contribution < -0.4 is 9.64 Å². The predicted octanol–water partition coefficient (Wildman–Crippen LogP) is 6.49. The number of hydrogen-bond donors (Lipinski definition) is 1. The van der Waals surface area contributed by atoms with Gasteiger partial charge in [-0.1, -0.05) is 49.7 Å². The Labute approximate surface area is 220 Å². The first-order chi connectivity index (χ1) is 17.8. The van der Waals surface area contributed by atoms with Crippen molar-refractivity contribution in [3.8, 4) is 5.75 Å². The molecule has 1 saturated heterocycles. The van der Waals surface area contributed by atoms with E-state index in [9.17, 15) is 14.7 Å². The number of amides is 1. The molecule has 5 rings (SSSR count). The number of hydrogen-bond acceptors (Lipinski definition) is 4. The Morgan fingerprint density at radius 2 is 1.76 bits per heavy atom. The fraction of sp³-hybridized carbons (Fsp3) is 0.200. The van der Waals surface area contributed by atoms with Crippen molar-refractivity contribution >= 4 is 45.6 Å². The molecule has 7 heteroatoms. The minimum atomic E-state index is -0.846. The van der Waals surface area contributed by atoms with Crippen LogP contribution in [0.2, 0.25) is 5.02 Å². The molecule has 2 heterocycles. The highest BCUT2D eigenvalue weighted by Gasteiger charge is 2.48. The summed E-state index contributed by atoms with van der Waals surface area (Å²) in [7, 11) is 1.91. The van der Waals surface area contributed by atoms with E-state index in [0.29, 0.717) is 34.5 Å². The van der Waals surface area contributed by atoms with Gasteiger partial charge in [0.1, 0.15) is 11.5 Å². The van der Waals surface area contributed by atoms with Crippen LogP contribution in [0.5, 0.6) is 5.75 Å². The van der Waals surface area contributed by atoms with Crippen molar-refractivity contribution in [2.45, 2.75) is 19.9 Å². The Hall–Kier alpha value is -4.03. The molecule has 0 spiro atoms. The SMILES string of the molecule is CC(C)COc1ccc(/C(O)=C2\C(=O)C(=O)N(c3cccc(Cl)c3)C2c2cn(C)c3ccccc23)cc1. The van der Waals surface area contributed by atoms with Crippen molar-refractivity contribution < 1.29 is 19.4 Å². The summed E-state index contributed by atoms with van der Waals surface area (Å²) in [5, 5.41) is 12.8. The molecule has 0 saturated carbocycles. The van der Waals surface area contributed by atoms with Gasteiger partial charge in [-0.05, 0) is 54.4 Å². The molecule has 0 bridgehead atoms. The van der Waals surface area contributed by atoms with Crippen molar-refractivity contribution in [1.82, 2.24) is 4.57 Å². The van der Waals surface area contributed by atoms with Gasteiger partial charge in [0.25, 0.3) is 11.7 Å². The molecule has 1 amide bonds. The number of ether oxygens (including phenoxy) is 1. The van der Waals surface area contributed by atoms with Gasteiger partial charge in [-0.15, -0.1) is 0 Å². The minimum absolute atomic E-state index is 0.0252. The molecule has 1 aliphatic rings. The van der Waals surface area contributed by atoms with Gasteiger partial charge < -0.3 is 14.4 Å². The third-order valence-electron chi connectivity index (χ3n) is 6.46. The Bertz CT molecular complexity index is 1530. The van der Waals surface area contributed by atoms with Crippen LogP contribution in [0.3, 0.4) is 0 Å². The van der Waals surface area contributed by atoms with Gasteiger partial charge in [0, 0.05) is 46.0 Å². The second-order valence-corrected chi connectivity index (χ2v) is 10.0. The molecule has 188 valence electrons. The first kappa shape index (κ1) is 24.7. The molecule has 3 aromatic carbocycles. The number of benzene rings is 3. The van der Waals surface area contributed by atoms with Crippen LogP contribution in [0.25, 0.3) is 16.7 Å². The van der Waals surface area contributed by atoms with Crippen LogP contribution >= 0.6 is 11.6 Å². The largest absolute Gasteiger partial charge is 0.507 e. The van der Waals surface area contributed by atoms with E-state index < -0.39 is 17.7 Å². The molecule has 0 aliphatic carbocycles. The lowest BCUT2D eigenvalue weighted by Gasteiger charge is -2.25. The van der Waals surface area contributed by atoms with Crippen molar-refractivity contribution in [2.75, 3.05) is 11.5 Å². The van der Waals surface area contributed by atoms with Crippen LogP contribution in [-0.4, -0.2) is 28.0 Å². The maximum Gasteiger partial charge on any atom is 0.300 e. The summed E-state index contributed by atoms with van der Waals surface area (Å²) < 4.78 is 7.70. The zero-order valence-corrected chi connectivity index (χ0v) is 21.6. The van der Waals surface area contributed by atoms with Crippen molar-refractivity contribution in [3.63, 3.8) is 0 Å². The lowest BCUT2D eigenvalue weighted by atomic mass is 9.94. The number of anilines is 1. The summed E-state index contributed by atoms with van der Waals surface area (Å²) in [5.74, 6) is -0.683. The summed E-state index contributed by atoms with van der Waals surface area (Å²) in [6.07, 6.45) is 1.90. The number of nitrogens with zero attached hydrogens (tertiary/aromatic N) is 2. The van der Waals surface area contributed by atoms with Gasteiger partial charge in [0.05, 0.1) is 18.2 Å². The van der Waals surface area contributed by atoms with Crippen molar-refractivity contribution in [2.24, 2.45) is 13.0 Å². The van der Waals surface area contributed by atoms with Crippen LogP contribution in [0, 0.1) is 5.92 Å². The number of Topliss-reactive ketones (excluding diaryl/α,β-unsaturated/α-hetero) is 1. The first-order valence-corrected chi connectivity index (χ1v) is 12.5.